The van der Waals surface area contributed by atoms with E-state index < -0.39 is 5.60 Å². The van der Waals surface area contributed by atoms with Crippen molar-refractivity contribution in [1.29, 1.82) is 0 Å². The van der Waals surface area contributed by atoms with E-state index in [1.54, 1.807) is 0 Å². The molecule has 2 aliphatic rings. The van der Waals surface area contributed by atoms with E-state index in [9.17, 15) is 9.90 Å². The standard InChI is InChI=1S/C20H30N2O2/c1-21-12-7-13-22(15-14-21)16-19(23)20(24,18-10-5-6-11-18)17-8-3-2-4-9-17/h2-4,8-9,18,24H,5-7,10-16H2,1H3. The fourth-order valence-electron chi connectivity index (χ4n) is 4.24. The van der Waals surface area contributed by atoms with Gasteiger partial charge >= 0.3 is 0 Å². The molecule has 1 atom stereocenters. The molecule has 1 N–H and O–H groups in total. The first-order valence-electron chi connectivity index (χ1n) is 9.33. The van der Waals surface area contributed by atoms with Gasteiger partial charge in [0, 0.05) is 13.1 Å². The number of nitrogens with zero attached hydrogens (tertiary/aromatic N) is 2. The number of benzene rings is 1. The quantitative estimate of drug-likeness (QED) is 0.899. The van der Waals surface area contributed by atoms with Crippen LogP contribution >= 0.6 is 0 Å². The van der Waals surface area contributed by atoms with Gasteiger partial charge in [0.05, 0.1) is 6.54 Å². The molecule has 0 bridgehead atoms. The third kappa shape index (κ3) is 3.71. The van der Waals surface area contributed by atoms with E-state index in [-0.39, 0.29) is 11.7 Å². The van der Waals surface area contributed by atoms with Crippen LogP contribution in [-0.2, 0) is 10.4 Å². The Morgan fingerprint density at radius 2 is 1.79 bits per heavy atom. The fraction of sp³-hybridized carbons (Fsp3) is 0.650. The van der Waals surface area contributed by atoms with Gasteiger partial charge in [-0.15, -0.1) is 0 Å². The van der Waals surface area contributed by atoms with Gasteiger partial charge < -0.3 is 10.0 Å². The molecular weight excluding hydrogens is 300 g/mol. The van der Waals surface area contributed by atoms with Crippen molar-refractivity contribution in [2.24, 2.45) is 5.92 Å². The van der Waals surface area contributed by atoms with E-state index in [0.717, 1.165) is 63.8 Å². The van der Waals surface area contributed by atoms with Crippen molar-refractivity contribution < 1.29 is 9.90 Å². The number of hydrogen-bond donors (Lipinski definition) is 1. The Hall–Kier alpha value is -1.23. The van der Waals surface area contributed by atoms with Gasteiger partial charge in [0.15, 0.2) is 11.4 Å². The Morgan fingerprint density at radius 1 is 1.08 bits per heavy atom. The molecule has 1 aromatic carbocycles. The summed E-state index contributed by atoms with van der Waals surface area (Å²) in [6.07, 6.45) is 5.19. The van der Waals surface area contributed by atoms with Crippen LogP contribution in [0.25, 0.3) is 0 Å². The summed E-state index contributed by atoms with van der Waals surface area (Å²) in [5, 5.41) is 11.5. The summed E-state index contributed by atoms with van der Waals surface area (Å²) in [6, 6.07) is 9.60. The Labute approximate surface area is 145 Å². The Balaban J connectivity index is 1.78. The van der Waals surface area contributed by atoms with E-state index in [1.807, 2.05) is 30.3 Å². The molecule has 1 aliphatic carbocycles. The lowest BCUT2D eigenvalue weighted by molar-refractivity contribution is -0.146. The third-order valence-corrected chi connectivity index (χ3v) is 5.76. The van der Waals surface area contributed by atoms with Crippen LogP contribution in [0, 0.1) is 5.92 Å². The zero-order chi connectivity index (χ0) is 17.0. The molecule has 4 heteroatoms. The molecule has 3 rings (SSSR count). The molecule has 1 heterocycles. The minimum atomic E-state index is -1.32. The summed E-state index contributed by atoms with van der Waals surface area (Å²) in [6.45, 7) is 4.26. The van der Waals surface area contributed by atoms with Crippen LogP contribution in [0.5, 0.6) is 0 Å². The summed E-state index contributed by atoms with van der Waals surface area (Å²) in [4.78, 5) is 17.7. The second-order valence-electron chi connectivity index (χ2n) is 7.47. The summed E-state index contributed by atoms with van der Waals surface area (Å²) < 4.78 is 0. The number of carbonyl (C=O) groups is 1. The van der Waals surface area contributed by atoms with Crippen LogP contribution in [0.4, 0.5) is 0 Å². The highest BCUT2D eigenvalue weighted by molar-refractivity contribution is 5.90. The molecular formula is C20H30N2O2. The van der Waals surface area contributed by atoms with Gasteiger partial charge in [-0.05, 0) is 50.9 Å². The van der Waals surface area contributed by atoms with Crippen LogP contribution < -0.4 is 0 Å². The average Bonchev–Trinajstić information content (AvgIpc) is 3.07. The highest BCUT2D eigenvalue weighted by Gasteiger charge is 2.46. The lowest BCUT2D eigenvalue weighted by atomic mass is 9.77. The minimum absolute atomic E-state index is 0.0230. The van der Waals surface area contributed by atoms with Crippen molar-refractivity contribution in [2.75, 3.05) is 39.8 Å². The number of carbonyl (C=O) groups excluding carboxylic acids is 1. The summed E-state index contributed by atoms with van der Waals surface area (Å²) in [7, 11) is 2.13. The van der Waals surface area contributed by atoms with Gasteiger partial charge in [-0.1, -0.05) is 43.2 Å². The van der Waals surface area contributed by atoms with Crippen LogP contribution in [0.15, 0.2) is 30.3 Å². The van der Waals surface area contributed by atoms with Gasteiger partial charge in [-0.3, -0.25) is 9.69 Å². The number of likely N-dealkylation sites (N-methyl/N-ethyl adjacent to an activating group) is 1. The molecule has 4 nitrogen and oxygen atoms in total. The second-order valence-corrected chi connectivity index (χ2v) is 7.47. The predicted molar refractivity (Wildman–Crippen MR) is 95.9 cm³/mol. The molecule has 0 aromatic heterocycles. The average molecular weight is 330 g/mol. The van der Waals surface area contributed by atoms with Gasteiger partial charge in [0.1, 0.15) is 0 Å². The molecule has 132 valence electrons. The molecule has 1 aliphatic heterocycles. The highest BCUT2D eigenvalue weighted by atomic mass is 16.3. The first kappa shape index (κ1) is 17.6. The zero-order valence-corrected chi connectivity index (χ0v) is 14.8. The smallest absolute Gasteiger partial charge is 0.183 e. The van der Waals surface area contributed by atoms with Gasteiger partial charge in [-0.25, -0.2) is 0 Å². The van der Waals surface area contributed by atoms with Crippen LogP contribution in [-0.4, -0.2) is 60.5 Å². The molecule has 1 saturated carbocycles. The Bertz CT molecular complexity index is 542. The number of ketones is 1. The molecule has 1 unspecified atom stereocenters. The first-order chi connectivity index (χ1) is 11.6. The summed E-state index contributed by atoms with van der Waals surface area (Å²) in [5.41, 5.74) is -0.551. The summed E-state index contributed by atoms with van der Waals surface area (Å²) >= 11 is 0. The van der Waals surface area contributed by atoms with E-state index in [0.29, 0.717) is 6.54 Å². The van der Waals surface area contributed by atoms with Crippen molar-refractivity contribution in [3.05, 3.63) is 35.9 Å². The SMILES string of the molecule is CN1CCCN(CC(=O)C(O)(c2ccccc2)C2CCCC2)CC1. The van der Waals surface area contributed by atoms with E-state index in [1.165, 1.54) is 0 Å². The molecule has 0 amide bonds. The molecule has 2 fully saturated rings. The molecule has 0 spiro atoms. The maximum Gasteiger partial charge on any atom is 0.183 e. The van der Waals surface area contributed by atoms with Crippen LogP contribution in [0.3, 0.4) is 0 Å². The van der Waals surface area contributed by atoms with E-state index in [4.69, 9.17) is 0 Å². The lowest BCUT2D eigenvalue weighted by Crippen LogP contribution is -2.48. The maximum atomic E-state index is 13.2. The van der Waals surface area contributed by atoms with Crippen LogP contribution in [0.2, 0.25) is 0 Å². The topological polar surface area (TPSA) is 43.8 Å². The second kappa shape index (κ2) is 7.77. The fourth-order valence-corrected chi connectivity index (χ4v) is 4.24. The molecule has 24 heavy (non-hydrogen) atoms. The van der Waals surface area contributed by atoms with Crippen LogP contribution in [0.1, 0.15) is 37.7 Å². The summed E-state index contributed by atoms with van der Waals surface area (Å²) in [5.74, 6) is 0.0344. The van der Waals surface area contributed by atoms with Crippen molar-refractivity contribution in [3.63, 3.8) is 0 Å². The van der Waals surface area contributed by atoms with Crippen molar-refractivity contribution in [1.82, 2.24) is 9.80 Å². The lowest BCUT2D eigenvalue weighted by Gasteiger charge is -2.35. The van der Waals surface area contributed by atoms with Gasteiger partial charge in [0.2, 0.25) is 0 Å². The monoisotopic (exact) mass is 330 g/mol. The van der Waals surface area contributed by atoms with Gasteiger partial charge in [-0.2, -0.15) is 0 Å². The number of aliphatic hydroxyl groups is 1. The van der Waals surface area contributed by atoms with Crippen molar-refractivity contribution >= 4 is 5.78 Å². The largest absolute Gasteiger partial charge is 0.377 e. The minimum Gasteiger partial charge on any atom is -0.377 e. The van der Waals surface area contributed by atoms with E-state index >= 15 is 0 Å². The highest BCUT2D eigenvalue weighted by Crippen LogP contribution is 2.41. The predicted octanol–water partition coefficient (Wildman–Crippen LogP) is 2.27. The number of Topliss-reactive ketones (excluding diaryl/α,β-unsaturated/α-hetero) is 1. The van der Waals surface area contributed by atoms with Crippen molar-refractivity contribution in [3.8, 4) is 0 Å². The zero-order valence-electron chi connectivity index (χ0n) is 14.8. The molecule has 1 aromatic rings. The molecule has 1 saturated heterocycles. The number of hydrogen-bond acceptors (Lipinski definition) is 4. The number of rotatable bonds is 5. The third-order valence-electron chi connectivity index (χ3n) is 5.76. The Kier molecular flexibility index (Phi) is 5.69. The van der Waals surface area contributed by atoms with Gasteiger partial charge in [0.25, 0.3) is 0 Å². The maximum absolute atomic E-state index is 13.2. The normalized spacial score (nSPS) is 23.8. The Morgan fingerprint density at radius 3 is 2.50 bits per heavy atom. The van der Waals surface area contributed by atoms with Crippen molar-refractivity contribution in [2.45, 2.75) is 37.7 Å². The molecule has 0 radical (unpaired) electrons. The first-order valence-corrected chi connectivity index (χ1v) is 9.33. The van der Waals surface area contributed by atoms with E-state index in [2.05, 4.69) is 16.8 Å².